The average Bonchev–Trinajstić information content (AvgIpc) is 3.10. The zero-order chi connectivity index (χ0) is 27.4. The van der Waals surface area contributed by atoms with E-state index in [-0.39, 0.29) is 5.92 Å². The predicted octanol–water partition coefficient (Wildman–Crippen LogP) is 9.59. The second kappa shape index (κ2) is 15.5. The molecular weight excluding hydrogens is 456 g/mol. The summed E-state index contributed by atoms with van der Waals surface area (Å²) in [5.74, 6) is -0.966. The Balaban J connectivity index is 1.97. The Bertz CT molecular complexity index is 1040. The van der Waals surface area contributed by atoms with Crippen LogP contribution in [0.1, 0.15) is 113 Å². The molecule has 0 radical (unpaired) electrons. The third-order valence-corrected chi connectivity index (χ3v) is 7.08. The van der Waals surface area contributed by atoms with E-state index >= 15 is 0 Å². The molecule has 0 aromatic heterocycles. The van der Waals surface area contributed by atoms with E-state index in [1.54, 1.807) is 0 Å². The molecule has 202 valence electrons. The van der Waals surface area contributed by atoms with Crippen LogP contribution in [-0.2, 0) is 14.3 Å². The molecule has 0 N–H and O–H groups in total. The maximum atomic E-state index is 12.4. The average molecular weight is 505 g/mol. The second-order valence-electron chi connectivity index (χ2n) is 11.3. The van der Waals surface area contributed by atoms with Crippen molar-refractivity contribution in [2.45, 2.75) is 113 Å². The van der Waals surface area contributed by atoms with E-state index < -0.39 is 11.9 Å². The lowest BCUT2D eigenvalue weighted by Gasteiger charge is -2.20. The summed E-state index contributed by atoms with van der Waals surface area (Å²) in [7, 11) is 0. The quantitative estimate of drug-likeness (QED) is 0.134. The fourth-order valence-corrected chi connectivity index (χ4v) is 4.85. The molecule has 0 fully saturated rings. The van der Waals surface area contributed by atoms with Crippen molar-refractivity contribution in [2.24, 2.45) is 5.92 Å². The van der Waals surface area contributed by atoms with Gasteiger partial charge in [-0.05, 0) is 106 Å². The molecule has 1 aliphatic carbocycles. The Hall–Kier alpha value is -2.68. The zero-order valence-electron chi connectivity index (χ0n) is 24.3. The van der Waals surface area contributed by atoms with E-state index in [0.29, 0.717) is 17.6 Å². The third-order valence-electron chi connectivity index (χ3n) is 7.08. The van der Waals surface area contributed by atoms with Crippen LogP contribution in [0.25, 0.3) is 0 Å². The molecule has 3 nitrogen and oxygen atoms in total. The molecule has 0 amide bonds. The third kappa shape index (κ3) is 11.1. The summed E-state index contributed by atoms with van der Waals surface area (Å²) < 4.78 is 5.00. The summed E-state index contributed by atoms with van der Waals surface area (Å²) in [6.45, 7) is 15.1. The molecule has 1 aliphatic heterocycles. The highest BCUT2D eigenvalue weighted by atomic mass is 16.6. The minimum absolute atomic E-state index is 0.0725. The topological polar surface area (TPSA) is 43.4 Å². The van der Waals surface area contributed by atoms with Crippen molar-refractivity contribution < 1.29 is 14.3 Å². The van der Waals surface area contributed by atoms with Crippen molar-refractivity contribution in [3.8, 4) is 0 Å². The van der Waals surface area contributed by atoms with Gasteiger partial charge in [0, 0.05) is 12.3 Å². The lowest BCUT2D eigenvalue weighted by Crippen LogP contribution is -2.13. The second-order valence-corrected chi connectivity index (χ2v) is 11.3. The van der Waals surface area contributed by atoms with Crippen LogP contribution < -0.4 is 0 Å². The van der Waals surface area contributed by atoms with Gasteiger partial charge in [-0.25, -0.2) is 9.59 Å². The number of rotatable bonds is 14. The van der Waals surface area contributed by atoms with Gasteiger partial charge in [-0.3, -0.25) is 0 Å². The molecule has 1 unspecified atom stereocenters. The summed E-state index contributed by atoms with van der Waals surface area (Å²) in [5, 5.41) is 0. The molecular formula is C34H48O3. The van der Waals surface area contributed by atoms with Crippen LogP contribution in [0.2, 0.25) is 0 Å². The van der Waals surface area contributed by atoms with Crippen molar-refractivity contribution in [2.75, 3.05) is 0 Å². The molecule has 3 heteroatoms. The van der Waals surface area contributed by atoms with Gasteiger partial charge in [0.05, 0.1) is 11.1 Å². The molecule has 1 atom stereocenters. The molecule has 37 heavy (non-hydrogen) atoms. The summed E-state index contributed by atoms with van der Waals surface area (Å²) >= 11 is 0. The highest BCUT2D eigenvalue weighted by Gasteiger charge is 2.39. The van der Waals surface area contributed by atoms with Crippen molar-refractivity contribution in [1.82, 2.24) is 0 Å². The Morgan fingerprint density at radius 2 is 1.24 bits per heavy atom. The number of carbonyl (C=O) groups is 2. The molecule has 0 spiro atoms. The lowest BCUT2D eigenvalue weighted by atomic mass is 9.81. The SMILES string of the molecule is CC(C)=CCC/C(C)=C/CCC1=CC(C/C=C(\C)CC/C=C(\C)CCC=C(C)C)C2=C(C1)C(=O)OC2=O. The Labute approximate surface area is 225 Å². The van der Waals surface area contributed by atoms with Crippen molar-refractivity contribution in [3.05, 3.63) is 81.0 Å². The van der Waals surface area contributed by atoms with Crippen molar-refractivity contribution >= 4 is 11.9 Å². The normalized spacial score (nSPS) is 18.5. The first-order chi connectivity index (χ1) is 17.6. The first-order valence-corrected chi connectivity index (χ1v) is 14.0. The Morgan fingerprint density at radius 3 is 1.81 bits per heavy atom. The van der Waals surface area contributed by atoms with Crippen LogP contribution in [-0.4, -0.2) is 11.9 Å². The van der Waals surface area contributed by atoms with Crippen LogP contribution >= 0.6 is 0 Å². The molecule has 2 aliphatic rings. The monoisotopic (exact) mass is 504 g/mol. The highest BCUT2D eigenvalue weighted by molar-refractivity contribution is 6.13. The van der Waals surface area contributed by atoms with E-state index in [4.69, 9.17) is 4.74 Å². The molecule has 2 rings (SSSR count). The van der Waals surface area contributed by atoms with Crippen LogP contribution in [0.4, 0.5) is 0 Å². The van der Waals surface area contributed by atoms with E-state index in [0.717, 1.165) is 57.8 Å². The van der Waals surface area contributed by atoms with Crippen molar-refractivity contribution in [3.63, 3.8) is 0 Å². The van der Waals surface area contributed by atoms with Gasteiger partial charge in [0.1, 0.15) is 0 Å². The van der Waals surface area contributed by atoms with Gasteiger partial charge in [0.25, 0.3) is 0 Å². The van der Waals surface area contributed by atoms with E-state index in [1.807, 2.05) is 0 Å². The Kier molecular flexibility index (Phi) is 12.8. The number of ether oxygens (including phenoxy) is 1. The van der Waals surface area contributed by atoms with Crippen LogP contribution in [0, 0.1) is 5.92 Å². The smallest absolute Gasteiger partial charge is 0.343 e. The number of carbonyl (C=O) groups excluding carboxylic acids is 2. The number of hydrogen-bond donors (Lipinski definition) is 0. The van der Waals surface area contributed by atoms with Crippen LogP contribution in [0.5, 0.6) is 0 Å². The minimum atomic E-state index is -0.448. The van der Waals surface area contributed by atoms with Gasteiger partial charge >= 0.3 is 11.9 Å². The summed E-state index contributed by atoms with van der Waals surface area (Å²) in [4.78, 5) is 24.8. The Morgan fingerprint density at radius 1 is 0.730 bits per heavy atom. The van der Waals surface area contributed by atoms with Gasteiger partial charge in [0.2, 0.25) is 0 Å². The maximum absolute atomic E-state index is 12.4. The van der Waals surface area contributed by atoms with E-state index in [9.17, 15) is 9.59 Å². The standard InChI is InChI=1S/C34H48O3/c1-24(2)12-8-14-26(5)16-10-17-28(7)20-21-30-22-29(23-31-32(30)34(36)37-33(31)35)19-11-18-27(6)15-9-13-25(3)4/h12-13,16,18,20,22,30H,8-11,14-15,17,19,21,23H2,1-7H3/b26-16+,27-18+,28-20+. The summed E-state index contributed by atoms with van der Waals surface area (Å²) in [5.41, 5.74) is 9.31. The van der Waals surface area contributed by atoms with Gasteiger partial charge < -0.3 is 4.74 Å². The van der Waals surface area contributed by atoms with E-state index in [2.05, 4.69) is 84.9 Å². The molecule has 0 aromatic carbocycles. The minimum Gasteiger partial charge on any atom is -0.386 e. The molecule has 0 aromatic rings. The van der Waals surface area contributed by atoms with Gasteiger partial charge in [-0.1, -0.05) is 69.9 Å². The first kappa shape index (κ1) is 30.5. The lowest BCUT2D eigenvalue weighted by molar-refractivity contribution is -0.151. The van der Waals surface area contributed by atoms with Crippen molar-refractivity contribution in [1.29, 1.82) is 0 Å². The molecule has 0 bridgehead atoms. The maximum Gasteiger partial charge on any atom is 0.343 e. The van der Waals surface area contributed by atoms with Crippen LogP contribution in [0.15, 0.2) is 81.0 Å². The van der Waals surface area contributed by atoms with Gasteiger partial charge in [-0.15, -0.1) is 0 Å². The largest absolute Gasteiger partial charge is 0.386 e. The number of allylic oxidation sites excluding steroid dienone is 12. The van der Waals surface area contributed by atoms with Gasteiger partial charge in [-0.2, -0.15) is 0 Å². The fraction of sp³-hybridized carbons (Fsp3) is 0.529. The molecule has 0 saturated heterocycles. The fourth-order valence-electron chi connectivity index (χ4n) is 4.85. The summed E-state index contributed by atoms with van der Waals surface area (Å²) in [6, 6.07) is 0. The van der Waals surface area contributed by atoms with Gasteiger partial charge in [0.15, 0.2) is 0 Å². The number of esters is 2. The zero-order valence-corrected chi connectivity index (χ0v) is 24.3. The van der Waals surface area contributed by atoms with Crippen LogP contribution in [0.3, 0.4) is 0 Å². The highest BCUT2D eigenvalue weighted by Crippen LogP contribution is 2.38. The predicted molar refractivity (Wildman–Crippen MR) is 156 cm³/mol. The molecule has 1 heterocycles. The summed E-state index contributed by atoms with van der Waals surface area (Å²) in [6.07, 6.45) is 23.3. The van der Waals surface area contributed by atoms with E-state index in [1.165, 1.54) is 33.4 Å². The number of hydrogen-bond acceptors (Lipinski definition) is 3. The molecule has 0 saturated carbocycles. The first-order valence-electron chi connectivity index (χ1n) is 14.0. The number of cyclic esters (lactones) is 2.